The number of rotatable bonds is 12. The number of aromatic nitrogens is 1. The van der Waals surface area contributed by atoms with Crippen LogP contribution in [0.1, 0.15) is 88.8 Å². The molecule has 0 saturated heterocycles. The van der Waals surface area contributed by atoms with E-state index in [9.17, 15) is 9.59 Å². The highest BCUT2D eigenvalue weighted by Gasteiger charge is 2.10. The van der Waals surface area contributed by atoms with Crippen LogP contribution >= 0.6 is 0 Å². The van der Waals surface area contributed by atoms with Crippen molar-refractivity contribution in [3.05, 3.63) is 46.8 Å². The van der Waals surface area contributed by atoms with Gasteiger partial charge in [-0.2, -0.15) is 0 Å². The van der Waals surface area contributed by atoms with Crippen LogP contribution in [0, 0.1) is 0 Å². The van der Waals surface area contributed by atoms with Gasteiger partial charge in [-0.1, -0.05) is 89.3 Å². The fourth-order valence-corrected chi connectivity index (χ4v) is 3.50. The van der Waals surface area contributed by atoms with Crippen molar-refractivity contribution in [3.63, 3.8) is 0 Å². The van der Waals surface area contributed by atoms with Gasteiger partial charge >= 0.3 is 0 Å². The molecule has 0 saturated carbocycles. The fraction of sp³-hybridized carbons (Fsp3) is 0.565. The zero-order chi connectivity index (χ0) is 18.6. The second-order valence-electron chi connectivity index (χ2n) is 7.25. The average Bonchev–Trinajstić information content (AvgIpc) is 2.65. The van der Waals surface area contributed by atoms with Crippen LogP contribution < -0.4 is 5.56 Å². The maximum atomic E-state index is 12.5. The minimum atomic E-state index is -0.225. The summed E-state index contributed by atoms with van der Waals surface area (Å²) in [7, 11) is 0. The van der Waals surface area contributed by atoms with Crippen molar-refractivity contribution in [1.29, 1.82) is 0 Å². The number of para-hydroxylation sites is 1. The average molecular weight is 356 g/mol. The first-order valence-corrected chi connectivity index (χ1v) is 10.4. The van der Waals surface area contributed by atoms with E-state index < -0.39 is 0 Å². The van der Waals surface area contributed by atoms with E-state index in [1.165, 1.54) is 68.4 Å². The molecule has 0 bridgehead atoms. The van der Waals surface area contributed by atoms with E-state index in [-0.39, 0.29) is 11.5 Å². The topological polar surface area (TPSA) is 39.1 Å². The second kappa shape index (κ2) is 11.7. The van der Waals surface area contributed by atoms with Gasteiger partial charge in [0.25, 0.3) is 5.56 Å². The van der Waals surface area contributed by atoms with Crippen molar-refractivity contribution < 1.29 is 4.79 Å². The summed E-state index contributed by atoms with van der Waals surface area (Å²) in [5.41, 5.74) is 0.491. The van der Waals surface area contributed by atoms with Crippen molar-refractivity contribution in [2.75, 3.05) is 0 Å². The number of benzene rings is 1. The summed E-state index contributed by atoms with van der Waals surface area (Å²) in [6.45, 7) is 2.25. The Morgan fingerprint density at radius 1 is 0.769 bits per heavy atom. The van der Waals surface area contributed by atoms with E-state index in [0.717, 1.165) is 18.2 Å². The Kier molecular flexibility index (Phi) is 9.16. The van der Waals surface area contributed by atoms with Gasteiger partial charge < -0.3 is 0 Å². The minimum Gasteiger partial charge on any atom is -0.274 e. The third kappa shape index (κ3) is 6.44. The van der Waals surface area contributed by atoms with Crippen molar-refractivity contribution in [2.24, 2.45) is 0 Å². The molecule has 1 aromatic heterocycles. The first kappa shape index (κ1) is 20.4. The summed E-state index contributed by atoms with van der Waals surface area (Å²) in [5, 5.41) is 0.930. The third-order valence-electron chi connectivity index (χ3n) is 5.05. The minimum absolute atomic E-state index is 0.0808. The second-order valence-corrected chi connectivity index (χ2v) is 7.25. The van der Waals surface area contributed by atoms with Crippen LogP contribution in [0.15, 0.2) is 41.2 Å². The summed E-state index contributed by atoms with van der Waals surface area (Å²) in [5.74, 6) is -0.0808. The number of hydrogen-bond acceptors (Lipinski definition) is 2. The van der Waals surface area contributed by atoms with Crippen LogP contribution in [0.3, 0.4) is 0 Å². The zero-order valence-electron chi connectivity index (χ0n) is 16.2. The monoisotopic (exact) mass is 355 g/mol. The maximum Gasteiger partial charge on any atom is 0.257 e. The predicted molar refractivity (Wildman–Crippen MR) is 110 cm³/mol. The lowest BCUT2D eigenvalue weighted by Crippen LogP contribution is -2.26. The number of pyridine rings is 1. The molecular weight excluding hydrogens is 322 g/mol. The summed E-state index contributed by atoms with van der Waals surface area (Å²) >= 11 is 0. The summed E-state index contributed by atoms with van der Waals surface area (Å²) < 4.78 is 1.34. The molecule has 0 aliphatic carbocycles. The van der Waals surface area contributed by atoms with Crippen LogP contribution in [0.5, 0.6) is 0 Å². The molecule has 142 valence electrons. The Hall–Kier alpha value is -1.90. The molecule has 3 nitrogen and oxygen atoms in total. The number of carbonyl (C=O) groups is 1. The van der Waals surface area contributed by atoms with Gasteiger partial charge in [-0.25, -0.2) is 4.57 Å². The van der Waals surface area contributed by atoms with Gasteiger partial charge in [0.05, 0.1) is 5.52 Å². The number of hydrogen-bond donors (Lipinski definition) is 0. The number of carbonyl (C=O) groups excluding carboxylic acids is 1. The normalized spacial score (nSPS) is 11.1. The van der Waals surface area contributed by atoms with E-state index in [1.807, 2.05) is 24.3 Å². The van der Waals surface area contributed by atoms with Crippen molar-refractivity contribution in [2.45, 2.75) is 84.0 Å². The molecule has 0 amide bonds. The van der Waals surface area contributed by atoms with Gasteiger partial charge in [0, 0.05) is 12.5 Å². The van der Waals surface area contributed by atoms with Gasteiger partial charge in [-0.3, -0.25) is 9.59 Å². The highest BCUT2D eigenvalue weighted by molar-refractivity contribution is 5.91. The van der Waals surface area contributed by atoms with Gasteiger partial charge in [-0.05, 0) is 23.9 Å². The molecule has 2 rings (SSSR count). The lowest BCUT2D eigenvalue weighted by Gasteiger charge is -2.08. The van der Waals surface area contributed by atoms with Crippen LogP contribution in [0.25, 0.3) is 10.9 Å². The van der Waals surface area contributed by atoms with Crippen molar-refractivity contribution in [3.8, 4) is 0 Å². The van der Waals surface area contributed by atoms with E-state index in [1.54, 1.807) is 6.07 Å². The molecular formula is C23H33NO2. The molecule has 2 aromatic rings. The summed E-state index contributed by atoms with van der Waals surface area (Å²) in [4.78, 5) is 24.6. The predicted octanol–water partition coefficient (Wildman–Crippen LogP) is 6.34. The standard InChI is InChI=1S/C23H33NO2/c1-2-3-4-5-6-7-8-9-10-11-12-17-22(25)24-21-16-14-13-15-20(21)18-19-23(24)26/h13-16,18-19H,2-12,17H2,1H3. The van der Waals surface area contributed by atoms with Crippen molar-refractivity contribution in [1.82, 2.24) is 4.57 Å². The first-order valence-electron chi connectivity index (χ1n) is 10.4. The van der Waals surface area contributed by atoms with Crippen molar-refractivity contribution >= 4 is 16.8 Å². The number of unbranched alkanes of at least 4 members (excludes halogenated alkanes) is 10. The Labute approximate surface area is 157 Å². The van der Waals surface area contributed by atoms with Gasteiger partial charge in [0.1, 0.15) is 0 Å². The highest BCUT2D eigenvalue weighted by Crippen LogP contribution is 2.14. The van der Waals surface area contributed by atoms with Crippen LogP contribution in [-0.4, -0.2) is 10.5 Å². The molecule has 3 heteroatoms. The smallest absolute Gasteiger partial charge is 0.257 e. The number of nitrogens with zero attached hydrogens (tertiary/aromatic N) is 1. The lowest BCUT2D eigenvalue weighted by molar-refractivity contribution is 0.0900. The molecule has 0 N–H and O–H groups in total. The highest BCUT2D eigenvalue weighted by atomic mass is 16.2. The fourth-order valence-electron chi connectivity index (χ4n) is 3.50. The molecule has 0 atom stereocenters. The Morgan fingerprint density at radius 3 is 2.00 bits per heavy atom. The van der Waals surface area contributed by atoms with Crippen LogP contribution in [0.4, 0.5) is 0 Å². The summed E-state index contributed by atoms with van der Waals surface area (Å²) in [6, 6.07) is 10.8. The quantitative estimate of drug-likeness (QED) is 0.416. The molecule has 26 heavy (non-hydrogen) atoms. The van der Waals surface area contributed by atoms with E-state index >= 15 is 0 Å². The molecule has 0 radical (unpaired) electrons. The van der Waals surface area contributed by atoms with E-state index in [4.69, 9.17) is 0 Å². The van der Waals surface area contributed by atoms with Gasteiger partial charge in [-0.15, -0.1) is 0 Å². The lowest BCUT2D eigenvalue weighted by atomic mass is 10.1. The van der Waals surface area contributed by atoms with E-state index in [0.29, 0.717) is 11.9 Å². The molecule has 0 fully saturated rings. The summed E-state index contributed by atoms with van der Waals surface area (Å²) in [6.07, 6.45) is 14.3. The molecule has 0 aliphatic rings. The molecule has 1 heterocycles. The van der Waals surface area contributed by atoms with Gasteiger partial charge in [0.15, 0.2) is 0 Å². The Morgan fingerprint density at radius 2 is 1.35 bits per heavy atom. The van der Waals surface area contributed by atoms with E-state index in [2.05, 4.69) is 6.92 Å². The molecule has 0 unspecified atom stereocenters. The molecule has 0 aliphatic heterocycles. The SMILES string of the molecule is CCCCCCCCCCCCCC(=O)n1c(=O)ccc2ccccc21. The number of fused-ring (bicyclic) bond motifs is 1. The molecule has 0 spiro atoms. The Bertz CT molecular complexity index is 732. The zero-order valence-corrected chi connectivity index (χ0v) is 16.2. The van der Waals surface area contributed by atoms with Crippen LogP contribution in [-0.2, 0) is 0 Å². The van der Waals surface area contributed by atoms with Crippen LogP contribution in [0.2, 0.25) is 0 Å². The largest absolute Gasteiger partial charge is 0.274 e. The maximum absolute atomic E-state index is 12.5. The molecule has 1 aromatic carbocycles. The third-order valence-corrected chi connectivity index (χ3v) is 5.05. The first-order chi connectivity index (χ1) is 12.7. The Balaban J connectivity index is 1.66. The van der Waals surface area contributed by atoms with Gasteiger partial charge in [0.2, 0.25) is 5.91 Å².